The van der Waals surface area contributed by atoms with Crippen molar-refractivity contribution in [2.75, 3.05) is 12.4 Å². The molecule has 0 radical (unpaired) electrons. The van der Waals surface area contributed by atoms with Crippen LogP contribution < -0.4 is 5.32 Å². The van der Waals surface area contributed by atoms with Gasteiger partial charge in [0.05, 0.1) is 13.3 Å². The molecule has 0 aliphatic rings. The molecule has 0 bridgehead atoms. The number of hydrogen-bond acceptors (Lipinski definition) is 8. The number of methoxy groups -OCH3 is 1. The summed E-state index contributed by atoms with van der Waals surface area (Å²) in [5.41, 5.74) is 0.404. The van der Waals surface area contributed by atoms with Crippen LogP contribution in [0.25, 0.3) is 5.82 Å². The highest BCUT2D eigenvalue weighted by atomic mass is 16.5. The Kier molecular flexibility index (Phi) is 4.11. The molecule has 1 N–H and O–H groups in total. The van der Waals surface area contributed by atoms with Crippen molar-refractivity contribution < 1.29 is 9.53 Å². The van der Waals surface area contributed by atoms with Gasteiger partial charge in [0.25, 0.3) is 0 Å². The van der Waals surface area contributed by atoms with E-state index >= 15 is 0 Å². The number of nitrogens with one attached hydrogen (secondary N) is 1. The average molecular weight is 321 g/mol. The number of rotatable bonds is 4. The summed E-state index contributed by atoms with van der Waals surface area (Å²) >= 11 is 0. The van der Waals surface area contributed by atoms with E-state index in [1.165, 1.54) is 24.1 Å². The van der Waals surface area contributed by atoms with E-state index in [2.05, 4.69) is 30.3 Å². The Morgan fingerprint density at radius 2 is 2.17 bits per heavy atom. The van der Waals surface area contributed by atoms with Gasteiger partial charge in [-0.1, -0.05) is 6.07 Å². The van der Waals surface area contributed by atoms with Crippen LogP contribution in [0.15, 0.2) is 42.7 Å². The van der Waals surface area contributed by atoms with Crippen molar-refractivity contribution in [2.45, 2.75) is 0 Å². The van der Waals surface area contributed by atoms with E-state index in [1.807, 2.05) is 12.1 Å². The predicted octanol–water partition coefficient (Wildman–Crippen LogP) is 1.46. The second kappa shape index (κ2) is 6.53. The molecule has 0 aliphatic heterocycles. The number of ether oxygens (including phenoxy) is 1. The molecular weight excluding hydrogens is 310 g/mol. The van der Waals surface area contributed by atoms with Gasteiger partial charge in [-0.2, -0.15) is 15.0 Å². The number of carbonyl (C=O) groups excluding carboxylic acids is 1. The number of nitriles is 1. The first-order valence-corrected chi connectivity index (χ1v) is 6.81. The van der Waals surface area contributed by atoms with Crippen molar-refractivity contribution in [3.8, 4) is 11.9 Å². The lowest BCUT2D eigenvalue weighted by Gasteiger charge is -2.08. The molecule has 118 valence electrons. The van der Waals surface area contributed by atoms with Crippen LogP contribution >= 0.6 is 0 Å². The molecule has 24 heavy (non-hydrogen) atoms. The third kappa shape index (κ3) is 2.89. The molecule has 3 rings (SSSR count). The van der Waals surface area contributed by atoms with Gasteiger partial charge in [-0.25, -0.2) is 9.78 Å². The van der Waals surface area contributed by atoms with Gasteiger partial charge in [0.1, 0.15) is 11.6 Å². The fourth-order valence-electron chi connectivity index (χ4n) is 1.94. The van der Waals surface area contributed by atoms with Gasteiger partial charge in [-0.05, 0) is 24.3 Å². The molecule has 3 heterocycles. The molecule has 3 aromatic heterocycles. The van der Waals surface area contributed by atoms with Crippen LogP contribution in [-0.2, 0) is 4.74 Å². The summed E-state index contributed by atoms with van der Waals surface area (Å²) in [6.45, 7) is 0. The average Bonchev–Trinajstić information content (AvgIpc) is 3.05. The van der Waals surface area contributed by atoms with E-state index in [-0.39, 0.29) is 5.69 Å². The normalized spacial score (nSPS) is 10.0. The van der Waals surface area contributed by atoms with E-state index in [4.69, 9.17) is 0 Å². The van der Waals surface area contributed by atoms with Gasteiger partial charge in [0, 0.05) is 6.20 Å². The van der Waals surface area contributed by atoms with Gasteiger partial charge in [-0.15, -0.1) is 10.2 Å². The first-order chi connectivity index (χ1) is 11.7. The Balaban J connectivity index is 1.94. The van der Waals surface area contributed by atoms with Crippen LogP contribution in [-0.4, -0.2) is 38.0 Å². The quantitative estimate of drug-likeness (QED) is 0.717. The summed E-state index contributed by atoms with van der Waals surface area (Å²) in [7, 11) is 1.26. The molecule has 3 aromatic rings. The van der Waals surface area contributed by atoms with Crippen LogP contribution in [0.5, 0.6) is 0 Å². The van der Waals surface area contributed by atoms with Crippen molar-refractivity contribution in [2.24, 2.45) is 0 Å². The minimum atomic E-state index is -0.578. The highest BCUT2D eigenvalue weighted by Gasteiger charge is 2.14. The van der Waals surface area contributed by atoms with Crippen molar-refractivity contribution in [1.82, 2.24) is 25.0 Å². The Bertz CT molecular complexity index is 898. The standard InChI is InChI=1S/C15H11N7O2/c1-24-15(23)11-5-6-12(21-20-11)19-14-10(8-16)9-18-22(14)13-4-2-3-7-17-13/h2-7,9H,1H3,(H,19,21). The van der Waals surface area contributed by atoms with Gasteiger partial charge < -0.3 is 10.1 Å². The number of anilines is 2. The van der Waals surface area contributed by atoms with Crippen LogP contribution in [0.3, 0.4) is 0 Å². The first-order valence-electron chi connectivity index (χ1n) is 6.81. The number of pyridine rings is 1. The smallest absolute Gasteiger partial charge is 0.358 e. The van der Waals surface area contributed by atoms with Gasteiger partial charge >= 0.3 is 5.97 Å². The largest absolute Gasteiger partial charge is 0.464 e. The van der Waals surface area contributed by atoms with E-state index in [9.17, 15) is 10.1 Å². The Labute approximate surface area is 136 Å². The number of hydrogen-bond donors (Lipinski definition) is 1. The number of nitrogens with zero attached hydrogens (tertiary/aromatic N) is 6. The molecule has 0 aromatic carbocycles. The van der Waals surface area contributed by atoms with Gasteiger partial charge in [-0.3, -0.25) is 0 Å². The monoisotopic (exact) mass is 321 g/mol. The fraction of sp³-hybridized carbons (Fsp3) is 0.0667. The van der Waals surface area contributed by atoms with E-state index in [0.717, 1.165) is 0 Å². The summed E-state index contributed by atoms with van der Waals surface area (Å²) in [4.78, 5) is 15.6. The van der Waals surface area contributed by atoms with Crippen molar-refractivity contribution >= 4 is 17.6 Å². The number of esters is 1. The molecule has 9 nitrogen and oxygen atoms in total. The highest BCUT2D eigenvalue weighted by Crippen LogP contribution is 2.21. The van der Waals surface area contributed by atoms with Crippen LogP contribution in [0.1, 0.15) is 16.1 Å². The van der Waals surface area contributed by atoms with Crippen LogP contribution in [0.2, 0.25) is 0 Å². The molecule has 9 heteroatoms. The zero-order chi connectivity index (χ0) is 16.9. The Hall–Kier alpha value is -3.80. The lowest BCUT2D eigenvalue weighted by atomic mass is 10.3. The van der Waals surface area contributed by atoms with E-state index < -0.39 is 5.97 Å². The summed E-state index contributed by atoms with van der Waals surface area (Å²) < 4.78 is 6.05. The summed E-state index contributed by atoms with van der Waals surface area (Å²) in [6, 6.07) is 10.4. The van der Waals surface area contributed by atoms with Crippen molar-refractivity contribution in [3.63, 3.8) is 0 Å². The first kappa shape index (κ1) is 15.1. The van der Waals surface area contributed by atoms with Crippen molar-refractivity contribution in [1.29, 1.82) is 5.26 Å². The fourth-order valence-corrected chi connectivity index (χ4v) is 1.94. The maximum atomic E-state index is 11.4. The third-order valence-electron chi connectivity index (χ3n) is 3.06. The maximum absolute atomic E-state index is 11.4. The molecule has 0 unspecified atom stereocenters. The SMILES string of the molecule is COC(=O)c1ccc(Nc2c(C#N)cnn2-c2ccccn2)nn1. The van der Waals surface area contributed by atoms with E-state index in [0.29, 0.717) is 23.0 Å². The summed E-state index contributed by atoms with van der Waals surface area (Å²) in [5.74, 6) is 0.707. The van der Waals surface area contributed by atoms with Crippen LogP contribution in [0, 0.1) is 11.3 Å². The topological polar surface area (TPSA) is 119 Å². The minimum Gasteiger partial charge on any atom is -0.464 e. The molecule has 0 saturated carbocycles. The number of aromatic nitrogens is 5. The molecule has 0 aliphatic carbocycles. The molecule has 0 fully saturated rings. The molecule has 0 spiro atoms. The molecule has 0 amide bonds. The zero-order valence-corrected chi connectivity index (χ0v) is 12.5. The second-order valence-electron chi connectivity index (χ2n) is 4.54. The van der Waals surface area contributed by atoms with Crippen molar-refractivity contribution in [3.05, 3.63) is 54.0 Å². The number of carbonyl (C=O) groups is 1. The third-order valence-corrected chi connectivity index (χ3v) is 3.06. The van der Waals surface area contributed by atoms with E-state index in [1.54, 1.807) is 24.4 Å². The second-order valence-corrected chi connectivity index (χ2v) is 4.54. The molecular formula is C15H11N7O2. The Morgan fingerprint density at radius 1 is 1.29 bits per heavy atom. The lowest BCUT2D eigenvalue weighted by Crippen LogP contribution is -2.09. The molecule has 0 atom stereocenters. The summed E-state index contributed by atoms with van der Waals surface area (Å²) in [6.07, 6.45) is 3.05. The minimum absolute atomic E-state index is 0.0850. The van der Waals surface area contributed by atoms with Gasteiger partial charge in [0.15, 0.2) is 23.1 Å². The van der Waals surface area contributed by atoms with Crippen LogP contribution in [0.4, 0.5) is 11.6 Å². The summed E-state index contributed by atoms with van der Waals surface area (Å²) in [5, 5.41) is 24.0. The van der Waals surface area contributed by atoms with Gasteiger partial charge in [0.2, 0.25) is 0 Å². The highest BCUT2D eigenvalue weighted by molar-refractivity contribution is 5.87. The molecule has 0 saturated heterocycles. The predicted molar refractivity (Wildman–Crippen MR) is 82.7 cm³/mol. The Morgan fingerprint density at radius 3 is 2.79 bits per heavy atom. The lowest BCUT2D eigenvalue weighted by molar-refractivity contribution is 0.0593. The maximum Gasteiger partial charge on any atom is 0.358 e. The zero-order valence-electron chi connectivity index (χ0n) is 12.5.